The molecule has 0 aliphatic carbocycles. The monoisotopic (exact) mass is 397 g/mol. The molecule has 2 fully saturated rings. The summed E-state index contributed by atoms with van der Waals surface area (Å²) in [5.74, 6) is -0.257. The minimum absolute atomic E-state index is 0.0270. The Bertz CT molecular complexity index is 836. The van der Waals surface area contributed by atoms with E-state index < -0.39 is 25.7 Å². The van der Waals surface area contributed by atoms with Gasteiger partial charge in [-0.3, -0.25) is 0 Å². The number of sulfonamides is 1. The number of hydrogen-bond donors (Lipinski definition) is 1. The lowest BCUT2D eigenvalue weighted by Gasteiger charge is -2.34. The number of rotatable bonds is 3. The van der Waals surface area contributed by atoms with Crippen LogP contribution in [0.1, 0.15) is 6.42 Å². The van der Waals surface area contributed by atoms with Gasteiger partial charge < -0.3 is 4.90 Å². The molecule has 1 aromatic rings. The summed E-state index contributed by atoms with van der Waals surface area (Å²) in [4.78, 5) is 1.11. The van der Waals surface area contributed by atoms with Crippen LogP contribution < -0.4 is 4.90 Å². The molecule has 0 saturated carbocycles. The number of quaternary nitrogens is 1. The minimum atomic E-state index is -3.72. The molecule has 0 amide bonds. The number of sulfone groups is 1. The Hall–Kier alpha value is -0.740. The molecule has 0 bridgehead atoms. The zero-order valence-corrected chi connectivity index (χ0v) is 15.3. The minimum Gasteiger partial charge on any atom is -0.329 e. The molecule has 1 N–H and O–H groups in total. The van der Waals surface area contributed by atoms with Crippen LogP contribution in [0.4, 0.5) is 4.39 Å². The third-order valence-electron chi connectivity index (χ3n) is 4.70. The third kappa shape index (κ3) is 3.60. The highest BCUT2D eigenvalue weighted by Gasteiger charge is 2.39. The molecule has 3 rings (SSSR count). The fourth-order valence-corrected chi connectivity index (χ4v) is 6.86. The van der Waals surface area contributed by atoms with Crippen molar-refractivity contribution in [3.05, 3.63) is 29.0 Å². The zero-order valence-electron chi connectivity index (χ0n) is 12.9. The van der Waals surface area contributed by atoms with Crippen molar-refractivity contribution in [3.8, 4) is 0 Å². The summed E-state index contributed by atoms with van der Waals surface area (Å²) in [6.07, 6.45) is 0.637. The lowest BCUT2D eigenvalue weighted by molar-refractivity contribution is -0.925. The van der Waals surface area contributed by atoms with Gasteiger partial charge in [-0.2, -0.15) is 4.31 Å². The Kier molecular flexibility index (Phi) is 4.91. The topological polar surface area (TPSA) is 76.0 Å². The van der Waals surface area contributed by atoms with E-state index in [0.717, 1.165) is 17.0 Å². The normalized spacial score (nSPS) is 25.8. The molecular weight excluding hydrogens is 379 g/mol. The van der Waals surface area contributed by atoms with Crippen LogP contribution in [0.5, 0.6) is 0 Å². The molecule has 0 spiro atoms. The second-order valence-electron chi connectivity index (χ2n) is 6.24. The third-order valence-corrected chi connectivity index (χ3v) is 8.66. The lowest BCUT2D eigenvalue weighted by Crippen LogP contribution is -3.18. The Morgan fingerprint density at radius 2 is 1.92 bits per heavy atom. The van der Waals surface area contributed by atoms with Crippen molar-refractivity contribution < 1.29 is 26.1 Å². The van der Waals surface area contributed by atoms with Crippen LogP contribution in [-0.4, -0.2) is 64.9 Å². The van der Waals surface area contributed by atoms with Gasteiger partial charge in [0.2, 0.25) is 10.0 Å². The van der Waals surface area contributed by atoms with Crippen LogP contribution in [0, 0.1) is 5.82 Å². The van der Waals surface area contributed by atoms with Crippen molar-refractivity contribution in [2.24, 2.45) is 0 Å². The average molecular weight is 398 g/mol. The van der Waals surface area contributed by atoms with E-state index in [9.17, 15) is 21.2 Å². The predicted molar refractivity (Wildman–Crippen MR) is 87.9 cm³/mol. The first-order chi connectivity index (χ1) is 11.2. The van der Waals surface area contributed by atoms with Crippen LogP contribution in [0.25, 0.3) is 0 Å². The molecule has 2 aliphatic heterocycles. The quantitative estimate of drug-likeness (QED) is 0.750. The maximum absolute atomic E-state index is 13.2. The van der Waals surface area contributed by atoms with E-state index in [0.29, 0.717) is 32.6 Å². The summed E-state index contributed by atoms with van der Waals surface area (Å²) in [7, 11) is -6.66. The fourth-order valence-electron chi connectivity index (χ4n) is 3.33. The molecule has 0 radical (unpaired) electrons. The Labute approximate surface area is 146 Å². The summed E-state index contributed by atoms with van der Waals surface area (Å²) >= 11 is 5.68. The van der Waals surface area contributed by atoms with Crippen molar-refractivity contribution >= 4 is 31.5 Å². The van der Waals surface area contributed by atoms with Gasteiger partial charge in [0.1, 0.15) is 17.6 Å². The van der Waals surface area contributed by atoms with Gasteiger partial charge in [-0.15, -0.1) is 0 Å². The summed E-state index contributed by atoms with van der Waals surface area (Å²) in [5.41, 5.74) is 0. The second kappa shape index (κ2) is 6.53. The van der Waals surface area contributed by atoms with E-state index in [-0.39, 0.29) is 27.5 Å². The van der Waals surface area contributed by atoms with Gasteiger partial charge >= 0.3 is 0 Å². The number of halogens is 2. The van der Waals surface area contributed by atoms with E-state index in [2.05, 4.69) is 0 Å². The highest BCUT2D eigenvalue weighted by Crippen LogP contribution is 2.22. The van der Waals surface area contributed by atoms with Crippen molar-refractivity contribution in [2.45, 2.75) is 17.4 Å². The van der Waals surface area contributed by atoms with E-state index in [1.165, 1.54) is 10.4 Å². The van der Waals surface area contributed by atoms with Crippen molar-refractivity contribution in [2.75, 3.05) is 37.7 Å². The molecule has 2 heterocycles. The number of nitrogens with one attached hydrogen (secondary N) is 1. The largest absolute Gasteiger partial charge is 0.329 e. The maximum Gasteiger partial charge on any atom is 0.243 e. The number of benzene rings is 1. The van der Waals surface area contributed by atoms with E-state index in [1.54, 1.807) is 0 Å². The Balaban J connectivity index is 1.68. The van der Waals surface area contributed by atoms with E-state index in [4.69, 9.17) is 11.6 Å². The summed E-state index contributed by atoms with van der Waals surface area (Å²) in [5, 5.41) is -0.225. The molecule has 10 heteroatoms. The van der Waals surface area contributed by atoms with Crippen LogP contribution in [0.2, 0.25) is 5.02 Å². The van der Waals surface area contributed by atoms with Gasteiger partial charge in [-0.05, 0) is 18.2 Å². The highest BCUT2D eigenvalue weighted by atomic mass is 35.5. The van der Waals surface area contributed by atoms with Gasteiger partial charge in [0.05, 0.1) is 41.8 Å². The highest BCUT2D eigenvalue weighted by molar-refractivity contribution is 7.91. The van der Waals surface area contributed by atoms with E-state index >= 15 is 0 Å². The fraction of sp³-hybridized carbons (Fsp3) is 0.571. The summed E-state index contributed by atoms with van der Waals surface area (Å²) in [6.45, 7) is 1.75. The molecule has 0 aromatic heterocycles. The van der Waals surface area contributed by atoms with Gasteiger partial charge in [-0.1, -0.05) is 11.6 Å². The molecule has 134 valence electrons. The SMILES string of the molecule is O=S1(=O)CC[C@H]([NH+]2CCN(S(=O)(=O)c3ccc(F)c(Cl)c3)CC2)C1. The molecule has 1 atom stereocenters. The molecule has 1 aromatic carbocycles. The molecule has 2 aliphatic rings. The van der Waals surface area contributed by atoms with Gasteiger partial charge in [0.25, 0.3) is 0 Å². The second-order valence-corrected chi connectivity index (χ2v) is 10.8. The maximum atomic E-state index is 13.2. The Morgan fingerprint density at radius 1 is 1.25 bits per heavy atom. The first-order valence-electron chi connectivity index (χ1n) is 7.69. The predicted octanol–water partition coefficient (Wildman–Crippen LogP) is -0.445. The number of piperazine rings is 1. The molecule has 2 saturated heterocycles. The summed E-state index contributed by atoms with van der Waals surface area (Å²) in [6, 6.07) is 3.43. The zero-order chi connectivity index (χ0) is 17.5. The first-order valence-corrected chi connectivity index (χ1v) is 11.3. The van der Waals surface area contributed by atoms with Crippen molar-refractivity contribution in [3.63, 3.8) is 0 Å². The number of nitrogens with zero attached hydrogens (tertiary/aromatic N) is 1. The summed E-state index contributed by atoms with van der Waals surface area (Å²) < 4.78 is 63.0. The van der Waals surface area contributed by atoms with Crippen molar-refractivity contribution in [1.29, 1.82) is 0 Å². The molecule has 0 unspecified atom stereocenters. The number of hydrogen-bond acceptors (Lipinski definition) is 4. The molecule has 24 heavy (non-hydrogen) atoms. The smallest absolute Gasteiger partial charge is 0.243 e. The lowest BCUT2D eigenvalue weighted by atomic mass is 10.2. The Morgan fingerprint density at radius 3 is 2.46 bits per heavy atom. The first kappa shape index (κ1) is 18.1. The van der Waals surface area contributed by atoms with Crippen LogP contribution >= 0.6 is 11.6 Å². The molecular formula is C14H19ClFN2O4S2+. The van der Waals surface area contributed by atoms with Gasteiger partial charge in [-0.25, -0.2) is 21.2 Å². The van der Waals surface area contributed by atoms with Gasteiger partial charge in [0, 0.05) is 6.42 Å². The molecule has 6 nitrogen and oxygen atoms in total. The van der Waals surface area contributed by atoms with E-state index in [1.807, 2.05) is 0 Å². The van der Waals surface area contributed by atoms with Crippen LogP contribution in [-0.2, 0) is 19.9 Å². The standard InChI is InChI=1S/C14H18ClFN2O4S2/c15-13-9-12(1-2-14(13)16)24(21,22)18-6-4-17(5-7-18)11-3-8-23(19,20)10-11/h1-2,9,11H,3-8,10H2/p+1/t11-/m0/s1. The van der Waals surface area contributed by atoms with Gasteiger partial charge in [0.15, 0.2) is 9.84 Å². The van der Waals surface area contributed by atoms with Crippen LogP contribution in [0.15, 0.2) is 23.1 Å². The van der Waals surface area contributed by atoms with Crippen molar-refractivity contribution in [1.82, 2.24) is 4.31 Å². The van der Waals surface area contributed by atoms with Crippen LogP contribution in [0.3, 0.4) is 0 Å². The average Bonchev–Trinajstić information content (AvgIpc) is 2.90.